The first-order chi connectivity index (χ1) is 9.47. The lowest BCUT2D eigenvalue weighted by atomic mass is 10.0. The maximum Gasteiger partial charge on any atom is 0.251 e. The molecule has 0 aromatic heterocycles. The van der Waals surface area contributed by atoms with Gasteiger partial charge >= 0.3 is 0 Å². The fourth-order valence-corrected chi connectivity index (χ4v) is 2.55. The van der Waals surface area contributed by atoms with E-state index in [0.717, 1.165) is 21.7 Å². The van der Waals surface area contributed by atoms with Crippen molar-refractivity contribution in [1.29, 1.82) is 0 Å². The third-order valence-corrected chi connectivity index (χ3v) is 4.64. The van der Waals surface area contributed by atoms with Crippen molar-refractivity contribution in [1.82, 2.24) is 5.32 Å². The molecule has 0 heterocycles. The first kappa shape index (κ1) is 15.3. The van der Waals surface area contributed by atoms with Crippen LogP contribution in [0.5, 0.6) is 0 Å². The molecule has 0 aliphatic rings. The molecule has 106 valence electrons. The molecule has 0 fully saturated rings. The molecule has 2 nitrogen and oxygen atoms in total. The van der Waals surface area contributed by atoms with E-state index in [1.54, 1.807) is 0 Å². The Labute approximate surface area is 132 Å². The van der Waals surface area contributed by atoms with Gasteiger partial charge in [-0.25, -0.2) is 0 Å². The Morgan fingerprint density at radius 2 is 1.90 bits per heavy atom. The Morgan fingerprint density at radius 3 is 2.55 bits per heavy atom. The SMILES string of the molecule is CCC(C)(CCl)NC(=O)c1ccc2cc(Br)ccc2c1. The number of nitrogens with one attached hydrogen (secondary N) is 1. The van der Waals surface area contributed by atoms with Crippen molar-refractivity contribution in [3.05, 3.63) is 46.4 Å². The number of fused-ring (bicyclic) bond motifs is 1. The van der Waals surface area contributed by atoms with E-state index in [1.807, 2.05) is 50.2 Å². The van der Waals surface area contributed by atoms with Gasteiger partial charge in [-0.2, -0.15) is 0 Å². The van der Waals surface area contributed by atoms with Gasteiger partial charge in [-0.15, -0.1) is 11.6 Å². The van der Waals surface area contributed by atoms with E-state index in [4.69, 9.17) is 11.6 Å². The van der Waals surface area contributed by atoms with Gasteiger partial charge in [0.15, 0.2) is 0 Å². The molecule has 0 spiro atoms. The van der Waals surface area contributed by atoms with Crippen LogP contribution in [0.15, 0.2) is 40.9 Å². The molecule has 1 amide bonds. The van der Waals surface area contributed by atoms with Crippen LogP contribution in [0.1, 0.15) is 30.6 Å². The summed E-state index contributed by atoms with van der Waals surface area (Å²) in [6, 6.07) is 11.7. The van der Waals surface area contributed by atoms with E-state index >= 15 is 0 Å². The van der Waals surface area contributed by atoms with E-state index in [9.17, 15) is 4.79 Å². The minimum Gasteiger partial charge on any atom is -0.346 e. The highest BCUT2D eigenvalue weighted by molar-refractivity contribution is 9.10. The molecule has 20 heavy (non-hydrogen) atoms. The second kappa shape index (κ2) is 6.15. The minimum atomic E-state index is -0.368. The van der Waals surface area contributed by atoms with Crippen LogP contribution in [-0.4, -0.2) is 17.3 Å². The zero-order valence-electron chi connectivity index (χ0n) is 11.5. The number of alkyl halides is 1. The first-order valence-corrected chi connectivity index (χ1v) is 7.88. The summed E-state index contributed by atoms with van der Waals surface area (Å²) in [7, 11) is 0. The fraction of sp³-hybridized carbons (Fsp3) is 0.312. The molecule has 0 aliphatic carbocycles. The van der Waals surface area contributed by atoms with Crippen LogP contribution in [-0.2, 0) is 0 Å². The molecule has 2 aromatic rings. The third-order valence-electron chi connectivity index (χ3n) is 3.56. The number of benzene rings is 2. The molecule has 0 saturated carbocycles. The second-order valence-electron chi connectivity index (χ2n) is 5.21. The number of hydrogen-bond acceptors (Lipinski definition) is 1. The highest BCUT2D eigenvalue weighted by Gasteiger charge is 2.23. The normalized spacial score (nSPS) is 14.0. The number of amides is 1. The van der Waals surface area contributed by atoms with Gasteiger partial charge in [0.25, 0.3) is 5.91 Å². The predicted molar refractivity (Wildman–Crippen MR) is 88.5 cm³/mol. The van der Waals surface area contributed by atoms with Gasteiger partial charge in [0.05, 0.1) is 5.54 Å². The van der Waals surface area contributed by atoms with Crippen LogP contribution >= 0.6 is 27.5 Å². The van der Waals surface area contributed by atoms with Crippen LogP contribution in [0.25, 0.3) is 10.8 Å². The van der Waals surface area contributed by atoms with Gasteiger partial charge < -0.3 is 5.32 Å². The number of hydrogen-bond donors (Lipinski definition) is 1. The molecule has 0 radical (unpaired) electrons. The Balaban J connectivity index is 2.29. The number of rotatable bonds is 4. The fourth-order valence-electron chi connectivity index (χ4n) is 1.92. The predicted octanol–water partition coefficient (Wildman–Crippen LogP) is 4.74. The van der Waals surface area contributed by atoms with E-state index < -0.39 is 0 Å². The van der Waals surface area contributed by atoms with Crippen molar-refractivity contribution >= 4 is 44.2 Å². The zero-order chi connectivity index (χ0) is 14.8. The first-order valence-electron chi connectivity index (χ1n) is 6.55. The summed E-state index contributed by atoms with van der Waals surface area (Å²) in [6.07, 6.45) is 0.794. The third kappa shape index (κ3) is 3.33. The summed E-state index contributed by atoms with van der Waals surface area (Å²) in [4.78, 5) is 12.3. The van der Waals surface area contributed by atoms with Crippen molar-refractivity contribution in [3.63, 3.8) is 0 Å². The average molecular weight is 355 g/mol. The van der Waals surface area contributed by atoms with Crippen molar-refractivity contribution in [2.75, 3.05) is 5.88 Å². The van der Waals surface area contributed by atoms with Crippen LogP contribution in [0.4, 0.5) is 0 Å². The lowest BCUT2D eigenvalue weighted by Crippen LogP contribution is -2.47. The Bertz CT molecular complexity index is 637. The number of carbonyl (C=O) groups is 1. The smallest absolute Gasteiger partial charge is 0.251 e. The molecule has 0 bridgehead atoms. The molecule has 1 N–H and O–H groups in total. The van der Waals surface area contributed by atoms with Gasteiger partial charge in [-0.05, 0) is 48.4 Å². The van der Waals surface area contributed by atoms with Gasteiger partial charge in [0.2, 0.25) is 0 Å². The standard InChI is InChI=1S/C16H17BrClNO/c1-3-16(2,10-18)19-15(20)13-5-4-12-9-14(17)7-6-11(12)8-13/h4-9H,3,10H2,1-2H3,(H,19,20). The Kier molecular flexibility index (Phi) is 4.71. The highest BCUT2D eigenvalue weighted by atomic mass is 79.9. The van der Waals surface area contributed by atoms with Gasteiger partial charge in [-0.3, -0.25) is 4.79 Å². The molecule has 2 aromatic carbocycles. The molecule has 2 rings (SSSR count). The van der Waals surface area contributed by atoms with E-state index in [0.29, 0.717) is 11.4 Å². The van der Waals surface area contributed by atoms with Crippen molar-refractivity contribution in [2.45, 2.75) is 25.8 Å². The zero-order valence-corrected chi connectivity index (χ0v) is 13.9. The molecule has 1 atom stereocenters. The Morgan fingerprint density at radius 1 is 1.25 bits per heavy atom. The van der Waals surface area contributed by atoms with Gasteiger partial charge in [-0.1, -0.05) is 35.0 Å². The summed E-state index contributed by atoms with van der Waals surface area (Å²) < 4.78 is 1.03. The van der Waals surface area contributed by atoms with Crippen LogP contribution in [0.3, 0.4) is 0 Å². The Hall–Kier alpha value is -1.06. The lowest BCUT2D eigenvalue weighted by molar-refractivity contribution is 0.0912. The maximum atomic E-state index is 12.3. The minimum absolute atomic E-state index is 0.0835. The summed E-state index contributed by atoms with van der Waals surface area (Å²) in [6.45, 7) is 3.97. The summed E-state index contributed by atoms with van der Waals surface area (Å²) >= 11 is 9.38. The van der Waals surface area contributed by atoms with Gasteiger partial charge in [0.1, 0.15) is 0 Å². The van der Waals surface area contributed by atoms with E-state index in [2.05, 4.69) is 21.2 Å². The maximum absolute atomic E-state index is 12.3. The largest absolute Gasteiger partial charge is 0.346 e. The quantitative estimate of drug-likeness (QED) is 0.789. The summed E-state index contributed by atoms with van der Waals surface area (Å²) in [5.41, 5.74) is 0.289. The van der Waals surface area contributed by atoms with Crippen molar-refractivity contribution in [3.8, 4) is 0 Å². The lowest BCUT2D eigenvalue weighted by Gasteiger charge is -2.27. The topological polar surface area (TPSA) is 29.1 Å². The molecular weight excluding hydrogens is 338 g/mol. The molecule has 0 saturated heterocycles. The highest BCUT2D eigenvalue weighted by Crippen LogP contribution is 2.21. The number of halogens is 2. The molecule has 4 heteroatoms. The summed E-state index contributed by atoms with van der Waals surface area (Å²) in [5, 5.41) is 5.15. The van der Waals surface area contributed by atoms with Crippen LogP contribution in [0.2, 0.25) is 0 Å². The van der Waals surface area contributed by atoms with Crippen LogP contribution in [0, 0.1) is 0 Å². The van der Waals surface area contributed by atoms with Crippen molar-refractivity contribution in [2.24, 2.45) is 0 Å². The number of carbonyl (C=O) groups excluding carboxylic acids is 1. The van der Waals surface area contributed by atoms with Crippen molar-refractivity contribution < 1.29 is 4.79 Å². The molecule has 0 aliphatic heterocycles. The van der Waals surface area contributed by atoms with Gasteiger partial charge in [0, 0.05) is 15.9 Å². The summed E-state index contributed by atoms with van der Waals surface area (Å²) in [5.74, 6) is 0.315. The monoisotopic (exact) mass is 353 g/mol. The van der Waals surface area contributed by atoms with E-state index in [1.165, 1.54) is 0 Å². The van der Waals surface area contributed by atoms with E-state index in [-0.39, 0.29) is 11.4 Å². The second-order valence-corrected chi connectivity index (χ2v) is 6.39. The molecular formula is C16H17BrClNO. The molecule has 1 unspecified atom stereocenters. The average Bonchev–Trinajstić information content (AvgIpc) is 2.46. The van der Waals surface area contributed by atoms with Crippen LogP contribution < -0.4 is 5.32 Å².